The molecule has 2 aromatic rings. The van der Waals surface area contributed by atoms with Crippen molar-refractivity contribution in [3.8, 4) is 0 Å². The van der Waals surface area contributed by atoms with Gasteiger partial charge in [0.1, 0.15) is 0 Å². The van der Waals surface area contributed by atoms with Crippen molar-refractivity contribution in [2.75, 3.05) is 5.32 Å². The molecule has 2 rings (SSSR count). The first-order valence-electron chi connectivity index (χ1n) is 6.43. The van der Waals surface area contributed by atoms with E-state index in [1.54, 1.807) is 24.5 Å². The molecular formula is C16H13F3N2O. The molecule has 0 aliphatic carbocycles. The summed E-state index contributed by atoms with van der Waals surface area (Å²) in [4.78, 5) is 15.6. The summed E-state index contributed by atoms with van der Waals surface area (Å²) in [6.07, 6.45) is 1.49. The first-order valence-corrected chi connectivity index (χ1v) is 6.43. The van der Waals surface area contributed by atoms with E-state index in [1.165, 1.54) is 31.2 Å². The number of pyridine rings is 1. The lowest BCUT2D eigenvalue weighted by Gasteiger charge is -2.12. The zero-order chi connectivity index (χ0) is 16.2. The van der Waals surface area contributed by atoms with Crippen LogP contribution in [0, 0.1) is 6.92 Å². The molecule has 3 nitrogen and oxygen atoms in total. The third-order valence-electron chi connectivity index (χ3n) is 2.92. The number of nitrogens with zero attached hydrogens (tertiary/aromatic N) is 1. The van der Waals surface area contributed by atoms with Crippen molar-refractivity contribution in [1.29, 1.82) is 0 Å². The van der Waals surface area contributed by atoms with E-state index in [1.807, 2.05) is 0 Å². The fraction of sp³-hybridized carbons (Fsp3) is 0.125. The molecule has 1 amide bonds. The Bertz CT molecular complexity index is 694. The van der Waals surface area contributed by atoms with Crippen LogP contribution < -0.4 is 5.32 Å². The van der Waals surface area contributed by atoms with Gasteiger partial charge in [-0.2, -0.15) is 13.2 Å². The SMILES string of the molecule is Cc1ccc(NC(=O)C=Cc2cccnc2)cc1C(F)(F)F. The fourth-order valence-corrected chi connectivity index (χ4v) is 1.84. The fourth-order valence-electron chi connectivity index (χ4n) is 1.84. The molecule has 0 bridgehead atoms. The van der Waals surface area contributed by atoms with Gasteiger partial charge in [-0.3, -0.25) is 9.78 Å². The minimum Gasteiger partial charge on any atom is -0.322 e. The van der Waals surface area contributed by atoms with Crippen molar-refractivity contribution < 1.29 is 18.0 Å². The molecule has 1 aromatic carbocycles. The summed E-state index contributed by atoms with van der Waals surface area (Å²) in [6, 6.07) is 7.15. The lowest BCUT2D eigenvalue weighted by molar-refractivity contribution is -0.138. The third kappa shape index (κ3) is 4.18. The Hall–Kier alpha value is -2.63. The monoisotopic (exact) mass is 306 g/mol. The predicted molar refractivity (Wildman–Crippen MR) is 78.1 cm³/mol. The highest BCUT2D eigenvalue weighted by Crippen LogP contribution is 2.33. The van der Waals surface area contributed by atoms with Crippen LogP contribution in [-0.4, -0.2) is 10.9 Å². The highest BCUT2D eigenvalue weighted by atomic mass is 19.4. The topological polar surface area (TPSA) is 42.0 Å². The van der Waals surface area contributed by atoms with E-state index in [-0.39, 0.29) is 11.3 Å². The van der Waals surface area contributed by atoms with Gasteiger partial charge in [0.25, 0.3) is 0 Å². The quantitative estimate of drug-likeness (QED) is 0.869. The number of nitrogens with one attached hydrogen (secondary N) is 1. The summed E-state index contributed by atoms with van der Waals surface area (Å²) < 4.78 is 38.4. The van der Waals surface area contributed by atoms with Crippen LogP contribution in [0.3, 0.4) is 0 Å². The number of aryl methyl sites for hydroxylation is 1. The summed E-state index contributed by atoms with van der Waals surface area (Å²) in [5, 5.41) is 2.41. The van der Waals surface area contributed by atoms with Crippen LogP contribution in [0.5, 0.6) is 0 Å². The number of amides is 1. The largest absolute Gasteiger partial charge is 0.416 e. The number of hydrogen-bond donors (Lipinski definition) is 1. The number of anilines is 1. The number of alkyl halides is 3. The molecule has 114 valence electrons. The van der Waals surface area contributed by atoms with Gasteiger partial charge in [0.2, 0.25) is 5.91 Å². The van der Waals surface area contributed by atoms with Crippen molar-refractivity contribution in [3.05, 3.63) is 65.5 Å². The van der Waals surface area contributed by atoms with E-state index in [0.29, 0.717) is 0 Å². The van der Waals surface area contributed by atoms with Gasteiger partial charge >= 0.3 is 6.18 Å². The van der Waals surface area contributed by atoms with E-state index in [0.717, 1.165) is 11.6 Å². The number of carbonyl (C=O) groups excluding carboxylic acids is 1. The molecule has 0 unspecified atom stereocenters. The zero-order valence-electron chi connectivity index (χ0n) is 11.7. The van der Waals surface area contributed by atoms with Gasteiger partial charge in [-0.1, -0.05) is 12.1 Å². The van der Waals surface area contributed by atoms with Gasteiger partial charge in [-0.25, -0.2) is 0 Å². The lowest BCUT2D eigenvalue weighted by atomic mass is 10.1. The molecule has 0 fully saturated rings. The number of rotatable bonds is 3. The molecule has 0 spiro atoms. The van der Waals surface area contributed by atoms with Gasteiger partial charge in [0.15, 0.2) is 0 Å². The van der Waals surface area contributed by atoms with Crippen LogP contribution in [0.2, 0.25) is 0 Å². The molecule has 1 N–H and O–H groups in total. The molecule has 0 saturated heterocycles. The Morgan fingerprint density at radius 1 is 1.27 bits per heavy atom. The van der Waals surface area contributed by atoms with E-state index in [2.05, 4.69) is 10.3 Å². The summed E-state index contributed by atoms with van der Waals surface area (Å²) >= 11 is 0. The molecule has 0 aliphatic rings. The molecule has 0 radical (unpaired) electrons. The van der Waals surface area contributed by atoms with Crippen molar-refractivity contribution in [2.45, 2.75) is 13.1 Å². The van der Waals surface area contributed by atoms with E-state index >= 15 is 0 Å². The highest BCUT2D eigenvalue weighted by Gasteiger charge is 2.32. The van der Waals surface area contributed by atoms with Crippen molar-refractivity contribution in [1.82, 2.24) is 4.98 Å². The second-order valence-electron chi connectivity index (χ2n) is 4.64. The Morgan fingerprint density at radius 3 is 2.68 bits per heavy atom. The van der Waals surface area contributed by atoms with Gasteiger partial charge in [-0.05, 0) is 42.3 Å². The van der Waals surface area contributed by atoms with Gasteiger partial charge in [-0.15, -0.1) is 0 Å². The standard InChI is InChI=1S/C16H13F3N2O/c1-11-4-6-13(9-14(11)16(17,18)19)21-15(22)7-5-12-3-2-8-20-10-12/h2-10H,1H3,(H,21,22). The highest BCUT2D eigenvalue weighted by molar-refractivity contribution is 6.01. The molecule has 0 aliphatic heterocycles. The maximum absolute atomic E-state index is 12.8. The maximum atomic E-state index is 12.8. The van der Waals surface area contributed by atoms with Crippen LogP contribution in [-0.2, 0) is 11.0 Å². The number of aromatic nitrogens is 1. The minimum absolute atomic E-state index is 0.0961. The molecule has 0 saturated carbocycles. The minimum atomic E-state index is -4.45. The van der Waals surface area contributed by atoms with Crippen LogP contribution in [0.25, 0.3) is 6.08 Å². The Morgan fingerprint density at radius 2 is 2.05 bits per heavy atom. The number of carbonyl (C=O) groups is 1. The average Bonchev–Trinajstić information content (AvgIpc) is 2.47. The summed E-state index contributed by atoms with van der Waals surface area (Å²) in [7, 11) is 0. The molecule has 22 heavy (non-hydrogen) atoms. The molecule has 1 heterocycles. The summed E-state index contributed by atoms with van der Waals surface area (Å²) in [5.41, 5.74) is 0.161. The number of halogens is 3. The first kappa shape index (κ1) is 15.8. The summed E-state index contributed by atoms with van der Waals surface area (Å²) in [6.45, 7) is 1.37. The molecular weight excluding hydrogens is 293 g/mol. The smallest absolute Gasteiger partial charge is 0.322 e. The zero-order valence-corrected chi connectivity index (χ0v) is 11.7. The number of hydrogen-bond acceptors (Lipinski definition) is 2. The van der Waals surface area contributed by atoms with Crippen LogP contribution in [0.15, 0.2) is 48.8 Å². The lowest BCUT2D eigenvalue weighted by Crippen LogP contribution is -2.11. The van der Waals surface area contributed by atoms with E-state index in [4.69, 9.17) is 0 Å². The Balaban J connectivity index is 2.11. The average molecular weight is 306 g/mol. The second-order valence-corrected chi connectivity index (χ2v) is 4.64. The van der Waals surface area contributed by atoms with Gasteiger partial charge in [0, 0.05) is 24.2 Å². The normalized spacial score (nSPS) is 11.6. The third-order valence-corrected chi connectivity index (χ3v) is 2.92. The van der Waals surface area contributed by atoms with Gasteiger partial charge < -0.3 is 5.32 Å². The van der Waals surface area contributed by atoms with Crippen LogP contribution in [0.4, 0.5) is 18.9 Å². The van der Waals surface area contributed by atoms with Crippen LogP contribution in [0.1, 0.15) is 16.7 Å². The van der Waals surface area contributed by atoms with Crippen molar-refractivity contribution in [3.63, 3.8) is 0 Å². The van der Waals surface area contributed by atoms with E-state index in [9.17, 15) is 18.0 Å². The van der Waals surface area contributed by atoms with Crippen LogP contribution >= 0.6 is 0 Å². The van der Waals surface area contributed by atoms with Crippen molar-refractivity contribution in [2.24, 2.45) is 0 Å². The Kier molecular flexibility index (Phi) is 4.60. The maximum Gasteiger partial charge on any atom is 0.416 e. The summed E-state index contributed by atoms with van der Waals surface area (Å²) in [5.74, 6) is -0.513. The van der Waals surface area contributed by atoms with Gasteiger partial charge in [0.05, 0.1) is 5.56 Å². The first-order chi connectivity index (χ1) is 10.4. The van der Waals surface area contributed by atoms with E-state index < -0.39 is 17.6 Å². The molecule has 1 aromatic heterocycles. The predicted octanol–water partition coefficient (Wildman–Crippen LogP) is 4.06. The number of benzene rings is 1. The Labute approximate surface area is 125 Å². The molecule has 6 heteroatoms. The second kappa shape index (κ2) is 6.43. The van der Waals surface area contributed by atoms with Crippen molar-refractivity contribution >= 4 is 17.7 Å². The molecule has 0 atom stereocenters.